The number of hydrogen-bond donors (Lipinski definition) is 2. The molecule has 0 aromatic heterocycles. The van der Waals surface area contributed by atoms with E-state index >= 15 is 0 Å². The molecule has 2 aliphatic carbocycles. The van der Waals surface area contributed by atoms with Crippen LogP contribution < -0.4 is 0 Å². The van der Waals surface area contributed by atoms with Crippen LogP contribution in [0.1, 0.15) is 72.2 Å². The van der Waals surface area contributed by atoms with Crippen LogP contribution in [0.15, 0.2) is 42.5 Å². The lowest BCUT2D eigenvalue weighted by atomic mass is 9.67. The fourth-order valence-corrected chi connectivity index (χ4v) is 7.23. The topological polar surface area (TPSA) is 68.2 Å². The maximum Gasteiger partial charge on any atom is 0.191 e. The average molecular weight is 503 g/mol. The summed E-state index contributed by atoms with van der Waals surface area (Å²) in [6, 6.07) is 9.89. The molecule has 3 aliphatic rings. The van der Waals surface area contributed by atoms with Gasteiger partial charge in [0.2, 0.25) is 0 Å². The summed E-state index contributed by atoms with van der Waals surface area (Å²) >= 11 is 0. The second-order valence-electron chi connectivity index (χ2n) is 13.1. The lowest BCUT2D eigenvalue weighted by molar-refractivity contribution is -0.282. The first-order chi connectivity index (χ1) is 16.2. The summed E-state index contributed by atoms with van der Waals surface area (Å²) in [5.74, 6) is 0.520. The van der Waals surface area contributed by atoms with E-state index in [0.29, 0.717) is 18.9 Å². The molecule has 3 unspecified atom stereocenters. The SMILES string of the molecule is CC1(C)C2CCC1(/C=C/[C@]1(O)CO[C@@H](c3ccccc3)O[C@H]1CCO[Si](C)(C)C(C)(C)C)C(O)C2. The van der Waals surface area contributed by atoms with Crippen molar-refractivity contribution in [2.24, 2.45) is 16.7 Å². The summed E-state index contributed by atoms with van der Waals surface area (Å²) < 4.78 is 18.9. The van der Waals surface area contributed by atoms with Gasteiger partial charge in [-0.2, -0.15) is 0 Å². The van der Waals surface area contributed by atoms with Crippen molar-refractivity contribution < 1.29 is 24.1 Å². The number of hydrogen-bond acceptors (Lipinski definition) is 5. The highest BCUT2D eigenvalue weighted by atomic mass is 28.4. The lowest BCUT2D eigenvalue weighted by Crippen LogP contribution is -2.52. The molecule has 35 heavy (non-hydrogen) atoms. The van der Waals surface area contributed by atoms with E-state index in [4.69, 9.17) is 13.9 Å². The molecule has 6 heteroatoms. The highest BCUT2D eigenvalue weighted by Crippen LogP contribution is 2.66. The summed E-state index contributed by atoms with van der Waals surface area (Å²) in [5.41, 5.74) is -0.652. The molecule has 1 aromatic rings. The number of aliphatic hydroxyl groups excluding tert-OH is 1. The summed E-state index contributed by atoms with van der Waals surface area (Å²) in [5, 5.41) is 23.0. The number of benzene rings is 1. The summed E-state index contributed by atoms with van der Waals surface area (Å²) in [4.78, 5) is 0. The molecule has 6 atom stereocenters. The lowest BCUT2D eigenvalue weighted by Gasteiger charge is -2.44. The van der Waals surface area contributed by atoms with Gasteiger partial charge >= 0.3 is 0 Å². The molecule has 0 spiro atoms. The molecule has 5 nitrogen and oxygen atoms in total. The molecule has 2 bridgehead atoms. The molecule has 1 aliphatic heterocycles. The van der Waals surface area contributed by atoms with Crippen molar-refractivity contribution in [2.75, 3.05) is 13.2 Å². The largest absolute Gasteiger partial charge is 0.417 e. The van der Waals surface area contributed by atoms with Gasteiger partial charge in [-0.15, -0.1) is 0 Å². The van der Waals surface area contributed by atoms with Crippen molar-refractivity contribution in [2.45, 2.75) is 103 Å². The minimum atomic E-state index is -1.92. The number of rotatable bonds is 7. The van der Waals surface area contributed by atoms with Crippen molar-refractivity contribution in [1.82, 2.24) is 0 Å². The van der Waals surface area contributed by atoms with Crippen LogP contribution in [0.3, 0.4) is 0 Å². The van der Waals surface area contributed by atoms with E-state index in [1.807, 2.05) is 36.4 Å². The Balaban J connectivity index is 1.55. The normalized spacial score (nSPS) is 37.3. The molecule has 0 radical (unpaired) electrons. The van der Waals surface area contributed by atoms with Crippen molar-refractivity contribution in [3.8, 4) is 0 Å². The number of ether oxygens (including phenoxy) is 2. The summed E-state index contributed by atoms with van der Waals surface area (Å²) in [6.45, 7) is 16.4. The van der Waals surface area contributed by atoms with E-state index in [-0.39, 0.29) is 28.6 Å². The molecule has 1 saturated heterocycles. The van der Waals surface area contributed by atoms with Gasteiger partial charge < -0.3 is 24.1 Å². The van der Waals surface area contributed by atoms with Crippen LogP contribution >= 0.6 is 0 Å². The standard InChI is InChI=1S/C29H46O5Si/c1-26(2,3)35(6,7)33-18-14-24-29(31,20-32-25(34-24)21-11-9-8-10-12-21)17-16-28-15-13-22(19-23(28)30)27(28,4)5/h8-12,16-17,22-25,30-31H,13-15,18-20H2,1-7H3/b17-16+/t22?,23?,24-,25+,28?,29-/m0/s1. The van der Waals surface area contributed by atoms with Crippen LogP contribution in [0.5, 0.6) is 0 Å². The van der Waals surface area contributed by atoms with Crippen molar-refractivity contribution >= 4 is 8.32 Å². The molecular weight excluding hydrogens is 456 g/mol. The maximum atomic E-state index is 11.9. The molecule has 1 aromatic carbocycles. The Labute approximate surface area is 213 Å². The van der Waals surface area contributed by atoms with Gasteiger partial charge in [-0.3, -0.25) is 0 Å². The minimum absolute atomic E-state index is 0.00315. The van der Waals surface area contributed by atoms with E-state index in [0.717, 1.165) is 24.8 Å². The fraction of sp³-hybridized carbons (Fsp3) is 0.724. The van der Waals surface area contributed by atoms with E-state index in [1.165, 1.54) is 0 Å². The van der Waals surface area contributed by atoms with Crippen LogP contribution in [0.25, 0.3) is 0 Å². The fourth-order valence-electron chi connectivity index (χ4n) is 6.17. The van der Waals surface area contributed by atoms with E-state index in [2.05, 4.69) is 53.8 Å². The van der Waals surface area contributed by atoms with Crippen LogP contribution in [0.2, 0.25) is 18.1 Å². The van der Waals surface area contributed by atoms with E-state index < -0.39 is 26.3 Å². The van der Waals surface area contributed by atoms with Gasteiger partial charge in [-0.1, -0.05) is 77.1 Å². The molecule has 2 N–H and O–H groups in total. The third-order valence-electron chi connectivity index (χ3n) is 9.93. The first-order valence-corrected chi connectivity index (χ1v) is 16.2. The molecule has 2 saturated carbocycles. The second kappa shape index (κ2) is 9.37. The number of aliphatic hydroxyl groups is 2. The Hall–Kier alpha value is -1.02. The molecule has 196 valence electrons. The Morgan fingerprint density at radius 3 is 2.40 bits per heavy atom. The third kappa shape index (κ3) is 4.83. The first kappa shape index (κ1) is 27.0. The van der Waals surface area contributed by atoms with Crippen LogP contribution in [0.4, 0.5) is 0 Å². The highest BCUT2D eigenvalue weighted by Gasteiger charge is 2.62. The van der Waals surface area contributed by atoms with Gasteiger partial charge in [0.05, 0.1) is 18.8 Å². The van der Waals surface area contributed by atoms with Crippen molar-refractivity contribution in [1.29, 1.82) is 0 Å². The molecule has 1 heterocycles. The molecule has 3 fully saturated rings. The minimum Gasteiger partial charge on any atom is -0.417 e. The number of fused-ring (bicyclic) bond motifs is 2. The van der Waals surface area contributed by atoms with Gasteiger partial charge in [0.1, 0.15) is 5.60 Å². The third-order valence-corrected chi connectivity index (χ3v) is 14.5. The van der Waals surface area contributed by atoms with Crippen LogP contribution in [-0.2, 0) is 13.9 Å². The Morgan fingerprint density at radius 2 is 1.83 bits per heavy atom. The molecule has 4 rings (SSSR count). The second-order valence-corrected chi connectivity index (χ2v) is 18.0. The van der Waals surface area contributed by atoms with Gasteiger partial charge in [-0.05, 0) is 55.1 Å². The van der Waals surface area contributed by atoms with Crippen LogP contribution in [-0.4, -0.2) is 49.6 Å². The smallest absolute Gasteiger partial charge is 0.191 e. The summed E-state index contributed by atoms with van der Waals surface area (Å²) in [6.07, 6.45) is 6.09. The first-order valence-electron chi connectivity index (χ1n) is 13.3. The average Bonchev–Trinajstić information content (AvgIpc) is 3.14. The van der Waals surface area contributed by atoms with Gasteiger partial charge in [0, 0.05) is 17.6 Å². The zero-order valence-electron chi connectivity index (χ0n) is 22.7. The van der Waals surface area contributed by atoms with E-state index in [1.54, 1.807) is 0 Å². The zero-order valence-corrected chi connectivity index (χ0v) is 23.7. The molecule has 0 amide bonds. The Morgan fingerprint density at radius 1 is 1.14 bits per heavy atom. The van der Waals surface area contributed by atoms with Gasteiger partial charge in [-0.25, -0.2) is 0 Å². The van der Waals surface area contributed by atoms with Gasteiger partial charge in [0.25, 0.3) is 0 Å². The monoisotopic (exact) mass is 502 g/mol. The van der Waals surface area contributed by atoms with Crippen molar-refractivity contribution in [3.63, 3.8) is 0 Å². The van der Waals surface area contributed by atoms with Crippen molar-refractivity contribution in [3.05, 3.63) is 48.0 Å². The van der Waals surface area contributed by atoms with Crippen LogP contribution in [0, 0.1) is 16.7 Å². The molecular formula is C29H46O5Si. The maximum absolute atomic E-state index is 11.9. The highest BCUT2D eigenvalue weighted by molar-refractivity contribution is 6.74. The Kier molecular flexibility index (Phi) is 7.24. The Bertz CT molecular complexity index is 907. The summed E-state index contributed by atoms with van der Waals surface area (Å²) in [7, 11) is -1.92. The zero-order chi connectivity index (χ0) is 25.7. The van der Waals surface area contributed by atoms with Gasteiger partial charge in [0.15, 0.2) is 14.6 Å². The predicted octanol–water partition coefficient (Wildman–Crippen LogP) is 5.99. The predicted molar refractivity (Wildman–Crippen MR) is 141 cm³/mol. The quantitative estimate of drug-likeness (QED) is 0.354. The van der Waals surface area contributed by atoms with E-state index in [9.17, 15) is 10.2 Å².